The van der Waals surface area contributed by atoms with Crippen molar-refractivity contribution >= 4 is 0 Å². The molecule has 17 heavy (non-hydrogen) atoms. The molecule has 1 heterocycles. The number of aryl methyl sites for hydroxylation is 2. The third kappa shape index (κ3) is 1.54. The zero-order valence-electron chi connectivity index (χ0n) is 10.3. The van der Waals surface area contributed by atoms with Crippen LogP contribution < -0.4 is 4.74 Å². The third-order valence-electron chi connectivity index (χ3n) is 3.52. The summed E-state index contributed by atoms with van der Waals surface area (Å²) in [5.41, 5.74) is 6.55. The molecular weight excluding hydrogens is 208 g/mol. The van der Waals surface area contributed by atoms with Crippen molar-refractivity contribution in [1.29, 1.82) is 0 Å². The monoisotopic (exact) mass is 224 g/mol. The lowest BCUT2D eigenvalue weighted by atomic mass is 9.91. The molecule has 0 N–H and O–H groups in total. The number of ether oxygens (including phenoxy) is 1. The van der Waals surface area contributed by atoms with E-state index in [0.717, 1.165) is 12.2 Å². The van der Waals surface area contributed by atoms with Gasteiger partial charge in [-0.25, -0.2) is 0 Å². The molecule has 2 aromatic carbocycles. The molecule has 0 saturated heterocycles. The van der Waals surface area contributed by atoms with Crippen molar-refractivity contribution in [1.82, 2.24) is 0 Å². The molecule has 0 aliphatic carbocycles. The lowest BCUT2D eigenvalue weighted by Gasteiger charge is -2.24. The van der Waals surface area contributed by atoms with Crippen molar-refractivity contribution in [2.24, 2.45) is 0 Å². The van der Waals surface area contributed by atoms with E-state index >= 15 is 0 Å². The van der Waals surface area contributed by atoms with Crippen molar-refractivity contribution in [3.8, 4) is 16.9 Å². The van der Waals surface area contributed by atoms with Crippen molar-refractivity contribution in [3.05, 3.63) is 53.1 Å². The highest BCUT2D eigenvalue weighted by molar-refractivity contribution is 5.77. The maximum atomic E-state index is 5.92. The number of hydrogen-bond donors (Lipinski definition) is 0. The Kier molecular flexibility index (Phi) is 2.40. The second kappa shape index (κ2) is 3.92. The molecule has 0 fully saturated rings. The van der Waals surface area contributed by atoms with Crippen LogP contribution in [0.3, 0.4) is 0 Å². The van der Waals surface area contributed by atoms with Crippen molar-refractivity contribution < 1.29 is 4.74 Å². The fourth-order valence-corrected chi connectivity index (χ4v) is 2.59. The van der Waals surface area contributed by atoms with Gasteiger partial charge in [-0.15, -0.1) is 0 Å². The summed E-state index contributed by atoms with van der Waals surface area (Å²) >= 11 is 0. The van der Waals surface area contributed by atoms with E-state index in [-0.39, 0.29) is 0 Å². The van der Waals surface area contributed by atoms with Gasteiger partial charge in [0.25, 0.3) is 0 Å². The first kappa shape index (κ1) is 10.4. The van der Waals surface area contributed by atoms with E-state index in [1.807, 2.05) is 0 Å². The molecule has 0 radical (unpaired) electrons. The predicted molar refractivity (Wildman–Crippen MR) is 70.3 cm³/mol. The Morgan fingerprint density at radius 3 is 2.65 bits per heavy atom. The van der Waals surface area contributed by atoms with Crippen molar-refractivity contribution in [3.63, 3.8) is 0 Å². The maximum Gasteiger partial charge on any atom is 0.130 e. The zero-order valence-corrected chi connectivity index (χ0v) is 10.3. The van der Waals surface area contributed by atoms with E-state index < -0.39 is 0 Å². The number of hydrogen-bond acceptors (Lipinski definition) is 1. The van der Waals surface area contributed by atoms with Crippen LogP contribution in [0.15, 0.2) is 36.4 Å². The number of para-hydroxylation sites is 1. The minimum atomic E-state index is 0.706. The Labute approximate surface area is 102 Å². The number of rotatable bonds is 1. The average molecular weight is 224 g/mol. The Balaban J connectivity index is 2.27. The van der Waals surface area contributed by atoms with Gasteiger partial charge in [-0.05, 0) is 30.0 Å². The Morgan fingerprint density at radius 2 is 1.82 bits per heavy atom. The summed E-state index contributed by atoms with van der Waals surface area (Å²) in [5, 5.41) is 0. The normalized spacial score (nSPS) is 12.6. The highest BCUT2D eigenvalue weighted by atomic mass is 16.5. The van der Waals surface area contributed by atoms with E-state index in [2.05, 4.69) is 50.2 Å². The van der Waals surface area contributed by atoms with Gasteiger partial charge in [0.1, 0.15) is 12.4 Å². The smallest absolute Gasteiger partial charge is 0.130 e. The summed E-state index contributed by atoms with van der Waals surface area (Å²) in [4.78, 5) is 0. The maximum absolute atomic E-state index is 5.92. The first-order valence-corrected chi connectivity index (χ1v) is 6.15. The van der Waals surface area contributed by atoms with E-state index in [1.54, 1.807) is 0 Å². The minimum Gasteiger partial charge on any atom is -0.488 e. The molecule has 1 nitrogen and oxygen atoms in total. The Morgan fingerprint density at radius 1 is 1.06 bits per heavy atom. The molecular formula is C16H16O. The molecule has 0 saturated carbocycles. The van der Waals surface area contributed by atoms with Gasteiger partial charge in [-0.2, -0.15) is 0 Å². The lowest BCUT2D eigenvalue weighted by molar-refractivity contribution is 0.299. The van der Waals surface area contributed by atoms with Gasteiger partial charge in [0.05, 0.1) is 0 Å². The largest absolute Gasteiger partial charge is 0.488 e. The summed E-state index contributed by atoms with van der Waals surface area (Å²) in [6.07, 6.45) is 1.06. The van der Waals surface area contributed by atoms with Crippen LogP contribution in [0.25, 0.3) is 11.1 Å². The first-order chi connectivity index (χ1) is 8.31. The molecule has 1 heteroatoms. The highest BCUT2D eigenvalue weighted by Gasteiger charge is 2.19. The fraction of sp³-hybridized carbons (Fsp3) is 0.250. The van der Waals surface area contributed by atoms with Crippen LogP contribution in [-0.2, 0) is 13.0 Å². The van der Waals surface area contributed by atoms with E-state index in [0.29, 0.717) is 6.61 Å². The van der Waals surface area contributed by atoms with Crippen LogP contribution in [0.5, 0.6) is 5.75 Å². The summed E-state index contributed by atoms with van der Waals surface area (Å²) < 4.78 is 5.92. The number of benzene rings is 2. The van der Waals surface area contributed by atoms with Gasteiger partial charge in [0.15, 0.2) is 0 Å². The predicted octanol–water partition coefficient (Wildman–Crippen LogP) is 4.12. The molecule has 0 atom stereocenters. The lowest BCUT2D eigenvalue weighted by Crippen LogP contribution is -2.09. The van der Waals surface area contributed by atoms with E-state index in [1.165, 1.54) is 27.8 Å². The minimum absolute atomic E-state index is 0.706. The quantitative estimate of drug-likeness (QED) is 0.708. The van der Waals surface area contributed by atoms with E-state index in [4.69, 9.17) is 4.74 Å². The van der Waals surface area contributed by atoms with Crippen LogP contribution in [0.2, 0.25) is 0 Å². The second-order valence-corrected chi connectivity index (χ2v) is 4.54. The topological polar surface area (TPSA) is 9.23 Å². The molecule has 0 bridgehead atoms. The Bertz CT molecular complexity index is 570. The third-order valence-corrected chi connectivity index (χ3v) is 3.52. The van der Waals surface area contributed by atoms with Crippen LogP contribution in [0.1, 0.15) is 23.6 Å². The SMILES string of the molecule is CCc1cccc2c1COc1c(C)cccc1-2. The molecule has 0 spiro atoms. The van der Waals surface area contributed by atoms with Crippen LogP contribution >= 0.6 is 0 Å². The zero-order chi connectivity index (χ0) is 11.8. The fourth-order valence-electron chi connectivity index (χ4n) is 2.59. The molecule has 0 aromatic heterocycles. The first-order valence-electron chi connectivity index (χ1n) is 6.15. The molecule has 86 valence electrons. The highest BCUT2D eigenvalue weighted by Crippen LogP contribution is 2.40. The van der Waals surface area contributed by atoms with Gasteiger partial charge >= 0.3 is 0 Å². The molecule has 1 aliphatic heterocycles. The summed E-state index contributed by atoms with van der Waals surface area (Å²) in [6, 6.07) is 12.9. The molecule has 2 aromatic rings. The van der Waals surface area contributed by atoms with Crippen LogP contribution in [0.4, 0.5) is 0 Å². The van der Waals surface area contributed by atoms with Crippen molar-refractivity contribution in [2.75, 3.05) is 0 Å². The van der Waals surface area contributed by atoms with Gasteiger partial charge in [0.2, 0.25) is 0 Å². The second-order valence-electron chi connectivity index (χ2n) is 4.54. The molecule has 0 amide bonds. The van der Waals surface area contributed by atoms with Crippen LogP contribution in [0, 0.1) is 6.92 Å². The number of fused-ring (bicyclic) bond motifs is 3. The molecule has 1 aliphatic rings. The van der Waals surface area contributed by atoms with Gasteiger partial charge in [-0.1, -0.05) is 43.3 Å². The average Bonchev–Trinajstić information content (AvgIpc) is 2.38. The van der Waals surface area contributed by atoms with E-state index in [9.17, 15) is 0 Å². The molecule has 3 rings (SSSR count). The molecule has 0 unspecified atom stereocenters. The summed E-state index contributed by atoms with van der Waals surface area (Å²) in [6.45, 7) is 5.01. The van der Waals surface area contributed by atoms with Gasteiger partial charge < -0.3 is 4.74 Å². The summed E-state index contributed by atoms with van der Waals surface area (Å²) in [5.74, 6) is 1.05. The van der Waals surface area contributed by atoms with Gasteiger partial charge in [0, 0.05) is 11.1 Å². The van der Waals surface area contributed by atoms with Crippen LogP contribution in [-0.4, -0.2) is 0 Å². The Hall–Kier alpha value is -1.76. The van der Waals surface area contributed by atoms with Crippen molar-refractivity contribution in [2.45, 2.75) is 26.9 Å². The standard InChI is InChI=1S/C16H16O/c1-3-12-7-5-8-13-14-9-4-6-11(2)16(14)17-10-15(12)13/h4-9H,3,10H2,1-2H3. The summed E-state index contributed by atoms with van der Waals surface area (Å²) in [7, 11) is 0. The van der Waals surface area contributed by atoms with Gasteiger partial charge in [-0.3, -0.25) is 0 Å².